The van der Waals surface area contributed by atoms with Gasteiger partial charge in [0.05, 0.1) is 0 Å². The average Bonchev–Trinajstić information content (AvgIpc) is 2.51. The maximum absolute atomic E-state index is 11.6. The minimum Gasteiger partial charge on any atom is -0.363 e. The molecule has 23 heavy (non-hydrogen) atoms. The van der Waals surface area contributed by atoms with E-state index in [0.717, 1.165) is 12.0 Å². The van der Waals surface area contributed by atoms with Crippen LogP contribution in [0.3, 0.4) is 0 Å². The number of carbonyl (C=O) groups is 3. The molecular formula is C16H21IN2O4. The van der Waals surface area contributed by atoms with E-state index in [1.54, 1.807) is 34.7 Å². The highest BCUT2D eigenvalue weighted by Crippen LogP contribution is 2.11. The van der Waals surface area contributed by atoms with Gasteiger partial charge in [-0.2, -0.15) is 0 Å². The topological polar surface area (TPSA) is 84.5 Å². The molecule has 2 N–H and O–H groups in total. The first-order valence-corrected chi connectivity index (χ1v) is 8.50. The lowest BCUT2D eigenvalue weighted by Crippen LogP contribution is -2.24. The zero-order valence-electron chi connectivity index (χ0n) is 13.1. The summed E-state index contributed by atoms with van der Waals surface area (Å²) in [5, 5.41) is 5.51. The molecule has 0 saturated heterocycles. The molecule has 0 unspecified atom stereocenters. The smallest absolute Gasteiger partial charge is 0.250 e. The summed E-state index contributed by atoms with van der Waals surface area (Å²) in [5.74, 6) is -0.263. The van der Waals surface area contributed by atoms with E-state index < -0.39 is 0 Å². The third-order valence-corrected chi connectivity index (χ3v) is 3.21. The highest BCUT2D eigenvalue weighted by molar-refractivity contribution is 14.1. The van der Waals surface area contributed by atoms with Crippen molar-refractivity contribution in [2.45, 2.75) is 26.2 Å². The fraction of sp³-hybridized carbons (Fsp3) is 0.438. The number of hydrogen-bond acceptors (Lipinski definition) is 4. The van der Waals surface area contributed by atoms with Crippen LogP contribution in [0.1, 0.15) is 25.3 Å². The molecule has 0 aliphatic carbocycles. The fourth-order valence-corrected chi connectivity index (χ4v) is 2.01. The Morgan fingerprint density at radius 3 is 2.39 bits per heavy atom. The lowest BCUT2D eigenvalue weighted by molar-refractivity contribution is -0.123. The van der Waals surface area contributed by atoms with Crippen molar-refractivity contribution in [3.05, 3.63) is 29.8 Å². The van der Waals surface area contributed by atoms with E-state index in [2.05, 4.69) is 10.6 Å². The Bertz CT molecular complexity index is 531. The van der Waals surface area contributed by atoms with E-state index in [9.17, 15) is 14.4 Å². The monoisotopic (exact) mass is 432 g/mol. The lowest BCUT2D eigenvalue weighted by Gasteiger charge is -2.07. The molecule has 1 aromatic rings. The van der Waals surface area contributed by atoms with Gasteiger partial charge in [-0.1, -0.05) is 19.1 Å². The first-order valence-electron chi connectivity index (χ1n) is 7.42. The first-order chi connectivity index (χ1) is 11.0. The van der Waals surface area contributed by atoms with Crippen molar-refractivity contribution in [3.8, 4) is 0 Å². The van der Waals surface area contributed by atoms with Crippen molar-refractivity contribution in [2.75, 3.05) is 25.1 Å². The van der Waals surface area contributed by atoms with Crippen LogP contribution in [0.5, 0.6) is 0 Å². The number of rotatable bonds is 10. The molecule has 0 heterocycles. The van der Waals surface area contributed by atoms with Crippen LogP contribution in [0.15, 0.2) is 24.3 Å². The van der Waals surface area contributed by atoms with Crippen molar-refractivity contribution in [2.24, 2.45) is 0 Å². The third-order valence-electron chi connectivity index (χ3n) is 2.90. The molecule has 1 aromatic carbocycles. The van der Waals surface area contributed by atoms with Crippen molar-refractivity contribution in [1.29, 1.82) is 0 Å². The summed E-state index contributed by atoms with van der Waals surface area (Å²) in [6, 6.07) is 7.30. The number of aryl methyl sites for hydroxylation is 1. The molecule has 7 heteroatoms. The van der Waals surface area contributed by atoms with Crippen LogP contribution in [-0.2, 0) is 25.5 Å². The van der Waals surface area contributed by atoms with Crippen LogP contribution in [0, 0.1) is 0 Å². The molecule has 6 nitrogen and oxygen atoms in total. The molecule has 0 aliphatic rings. The fourth-order valence-electron chi connectivity index (χ4n) is 1.79. The van der Waals surface area contributed by atoms with E-state index in [4.69, 9.17) is 4.74 Å². The van der Waals surface area contributed by atoms with Crippen molar-refractivity contribution < 1.29 is 19.1 Å². The molecular weight excluding hydrogens is 411 g/mol. The predicted octanol–water partition coefficient (Wildman–Crippen LogP) is 2.06. The Balaban J connectivity index is 2.33. The van der Waals surface area contributed by atoms with E-state index in [1.807, 2.05) is 19.1 Å². The van der Waals surface area contributed by atoms with E-state index in [1.165, 1.54) is 0 Å². The second-order valence-corrected chi connectivity index (χ2v) is 6.15. The highest BCUT2D eigenvalue weighted by atomic mass is 127. The van der Waals surface area contributed by atoms with Gasteiger partial charge in [-0.25, -0.2) is 0 Å². The molecule has 1 rings (SSSR count). The van der Waals surface area contributed by atoms with Gasteiger partial charge in [-0.05, 0) is 30.5 Å². The average molecular weight is 432 g/mol. The summed E-state index contributed by atoms with van der Waals surface area (Å²) in [6.07, 6.45) is 2.03. The van der Waals surface area contributed by atoms with Crippen LogP contribution in [0.2, 0.25) is 0 Å². The lowest BCUT2D eigenvalue weighted by atomic mass is 10.1. The summed E-state index contributed by atoms with van der Waals surface area (Å²) in [4.78, 5) is 33.8. The summed E-state index contributed by atoms with van der Waals surface area (Å²) in [6.45, 7) is 2.48. The van der Waals surface area contributed by atoms with Gasteiger partial charge >= 0.3 is 0 Å². The molecule has 2 amide bonds. The SMILES string of the molecule is CCCNC(=O)CCc1ccc(NC(=O)COCC(=O)I)cc1. The van der Waals surface area contributed by atoms with E-state index in [-0.39, 0.29) is 28.8 Å². The Morgan fingerprint density at radius 1 is 1.09 bits per heavy atom. The molecule has 0 aliphatic heterocycles. The summed E-state index contributed by atoms with van der Waals surface area (Å²) in [5.41, 5.74) is 1.68. The van der Waals surface area contributed by atoms with Crippen LogP contribution in [0.25, 0.3) is 0 Å². The zero-order valence-corrected chi connectivity index (χ0v) is 15.2. The van der Waals surface area contributed by atoms with Crippen LogP contribution >= 0.6 is 22.6 Å². The number of hydrogen-bond donors (Lipinski definition) is 2. The molecule has 0 fully saturated rings. The molecule has 0 spiro atoms. The Hall–Kier alpha value is -1.48. The molecule has 0 aromatic heterocycles. The minimum absolute atomic E-state index is 0.0474. The molecule has 126 valence electrons. The Kier molecular flexibility index (Phi) is 9.46. The van der Waals surface area contributed by atoms with E-state index >= 15 is 0 Å². The second kappa shape index (κ2) is 11.1. The molecule has 0 saturated carbocycles. The summed E-state index contributed by atoms with van der Waals surface area (Å²) >= 11 is 1.61. The van der Waals surface area contributed by atoms with Crippen molar-refractivity contribution in [1.82, 2.24) is 5.32 Å². The van der Waals surface area contributed by atoms with E-state index in [0.29, 0.717) is 25.1 Å². The second-order valence-electron chi connectivity index (χ2n) is 4.94. The number of amides is 2. The number of carbonyl (C=O) groups excluding carboxylic acids is 3. The number of nitrogens with one attached hydrogen (secondary N) is 2. The molecule has 0 atom stereocenters. The van der Waals surface area contributed by atoms with Gasteiger partial charge < -0.3 is 15.4 Å². The van der Waals surface area contributed by atoms with Crippen molar-refractivity contribution in [3.63, 3.8) is 0 Å². The number of halogens is 1. The van der Waals surface area contributed by atoms with Gasteiger partial charge in [-0.15, -0.1) is 0 Å². The summed E-state index contributed by atoms with van der Waals surface area (Å²) in [7, 11) is 0. The van der Waals surface area contributed by atoms with Crippen LogP contribution < -0.4 is 10.6 Å². The van der Waals surface area contributed by atoms with Crippen molar-refractivity contribution >= 4 is 43.9 Å². The number of ether oxygens (including phenoxy) is 1. The molecule has 0 radical (unpaired) electrons. The minimum atomic E-state index is -0.311. The quantitative estimate of drug-likeness (QED) is 0.438. The maximum atomic E-state index is 11.6. The Morgan fingerprint density at radius 2 is 1.78 bits per heavy atom. The number of anilines is 1. The normalized spacial score (nSPS) is 10.2. The zero-order chi connectivity index (χ0) is 17.1. The highest BCUT2D eigenvalue weighted by Gasteiger charge is 2.05. The van der Waals surface area contributed by atoms with Gasteiger partial charge in [0, 0.05) is 41.2 Å². The predicted molar refractivity (Wildman–Crippen MR) is 96.5 cm³/mol. The molecule has 0 bridgehead atoms. The maximum Gasteiger partial charge on any atom is 0.250 e. The van der Waals surface area contributed by atoms with Gasteiger partial charge in [0.1, 0.15) is 13.2 Å². The van der Waals surface area contributed by atoms with Gasteiger partial charge in [0.15, 0.2) is 0 Å². The third kappa shape index (κ3) is 9.29. The van der Waals surface area contributed by atoms with Crippen LogP contribution in [0.4, 0.5) is 5.69 Å². The number of benzene rings is 1. The van der Waals surface area contributed by atoms with Gasteiger partial charge in [-0.3, -0.25) is 14.4 Å². The van der Waals surface area contributed by atoms with Gasteiger partial charge in [0.25, 0.3) is 0 Å². The van der Waals surface area contributed by atoms with Gasteiger partial charge in [0.2, 0.25) is 15.6 Å². The standard InChI is InChI=1S/C16H21IN2O4/c1-2-9-18-15(21)8-5-12-3-6-13(7-4-12)19-16(22)11-23-10-14(17)20/h3-4,6-7H,2,5,8-11H2,1H3,(H,18,21)(H,19,22). The van der Waals surface area contributed by atoms with Crippen LogP contribution in [-0.4, -0.2) is 35.4 Å². The largest absolute Gasteiger partial charge is 0.363 e. The first kappa shape index (κ1) is 19.6. The summed E-state index contributed by atoms with van der Waals surface area (Å²) < 4.78 is 4.79. The Labute approximate surface area is 149 Å².